The van der Waals surface area contributed by atoms with Crippen LogP contribution in [0.4, 0.5) is 10.1 Å². The molecule has 0 N–H and O–H groups in total. The molecule has 0 atom stereocenters. The maximum atomic E-state index is 13.3. The smallest absolute Gasteiger partial charge is 0.140 e. The lowest BCUT2D eigenvalue weighted by Gasteiger charge is -2.21. The molecule has 0 aromatic heterocycles. The second-order valence-electron chi connectivity index (χ2n) is 2.90. The first-order valence-corrected chi connectivity index (χ1v) is 5.66. The Hall–Kier alpha value is -0.280. The van der Waals surface area contributed by atoms with E-state index in [2.05, 4.69) is 15.9 Å². The molecular weight excluding hydrogens is 268 g/mol. The third-order valence-electron chi connectivity index (χ3n) is 2.10. The molecule has 0 saturated heterocycles. The van der Waals surface area contributed by atoms with E-state index in [4.69, 9.17) is 11.6 Å². The summed E-state index contributed by atoms with van der Waals surface area (Å²) in [6.07, 6.45) is 0. The molecule has 0 amide bonds. The first-order valence-electron chi connectivity index (χ1n) is 4.49. The highest BCUT2D eigenvalue weighted by molar-refractivity contribution is 9.10. The van der Waals surface area contributed by atoms with Gasteiger partial charge in [0, 0.05) is 18.8 Å². The van der Waals surface area contributed by atoms with E-state index in [0.717, 1.165) is 18.8 Å². The fraction of sp³-hybridized carbons (Fsp3) is 0.400. The average Bonchev–Trinajstić information content (AvgIpc) is 2.16. The number of benzene rings is 1. The molecule has 0 aliphatic rings. The van der Waals surface area contributed by atoms with Gasteiger partial charge in [-0.15, -0.1) is 0 Å². The van der Waals surface area contributed by atoms with Gasteiger partial charge in [0.25, 0.3) is 0 Å². The van der Waals surface area contributed by atoms with Crippen LogP contribution in [-0.4, -0.2) is 13.1 Å². The monoisotopic (exact) mass is 279 g/mol. The standard InChI is InChI=1S/C10H12BrClFN/c1-3-14(4-2)7-5-8(12)10(11)9(13)6-7/h5-6H,3-4H2,1-2H3. The average molecular weight is 281 g/mol. The SMILES string of the molecule is CCN(CC)c1cc(F)c(Br)c(Cl)c1. The third kappa shape index (κ3) is 2.39. The molecule has 0 heterocycles. The number of hydrogen-bond acceptors (Lipinski definition) is 1. The third-order valence-corrected chi connectivity index (χ3v) is 3.43. The fourth-order valence-corrected chi connectivity index (χ4v) is 1.74. The van der Waals surface area contributed by atoms with Crippen LogP contribution in [0.25, 0.3) is 0 Å². The first-order chi connectivity index (χ1) is 6.60. The van der Waals surface area contributed by atoms with Gasteiger partial charge in [-0.3, -0.25) is 0 Å². The van der Waals surface area contributed by atoms with Crippen molar-refractivity contribution in [1.29, 1.82) is 0 Å². The van der Waals surface area contributed by atoms with Crippen LogP contribution in [0.5, 0.6) is 0 Å². The number of nitrogens with zero attached hydrogens (tertiary/aromatic N) is 1. The molecule has 0 bridgehead atoms. The molecule has 0 radical (unpaired) electrons. The van der Waals surface area contributed by atoms with E-state index in [1.54, 1.807) is 6.07 Å². The zero-order valence-electron chi connectivity index (χ0n) is 8.15. The highest BCUT2D eigenvalue weighted by Crippen LogP contribution is 2.30. The Labute approximate surface area is 97.0 Å². The summed E-state index contributed by atoms with van der Waals surface area (Å²) in [7, 11) is 0. The van der Waals surface area contributed by atoms with Gasteiger partial charge >= 0.3 is 0 Å². The lowest BCUT2D eigenvalue weighted by molar-refractivity contribution is 0.620. The van der Waals surface area contributed by atoms with Crippen molar-refractivity contribution >= 4 is 33.2 Å². The maximum absolute atomic E-state index is 13.3. The molecular formula is C10H12BrClFN. The summed E-state index contributed by atoms with van der Waals surface area (Å²) in [5, 5.41) is 0.409. The lowest BCUT2D eigenvalue weighted by atomic mass is 10.2. The van der Waals surface area contributed by atoms with Crippen LogP contribution in [0.2, 0.25) is 5.02 Å². The molecule has 0 aliphatic heterocycles. The second-order valence-corrected chi connectivity index (χ2v) is 4.10. The van der Waals surface area contributed by atoms with E-state index < -0.39 is 0 Å². The first kappa shape index (κ1) is 11.8. The number of rotatable bonds is 3. The molecule has 0 fully saturated rings. The van der Waals surface area contributed by atoms with Crippen molar-refractivity contribution < 1.29 is 4.39 Å². The van der Waals surface area contributed by atoms with Crippen LogP contribution < -0.4 is 4.90 Å². The fourth-order valence-electron chi connectivity index (χ4n) is 1.31. The molecule has 1 aromatic rings. The number of halogens is 3. The van der Waals surface area contributed by atoms with Gasteiger partial charge in [-0.2, -0.15) is 0 Å². The highest BCUT2D eigenvalue weighted by atomic mass is 79.9. The maximum Gasteiger partial charge on any atom is 0.140 e. The van der Waals surface area contributed by atoms with Crippen molar-refractivity contribution in [1.82, 2.24) is 0 Å². The normalized spacial score (nSPS) is 10.4. The van der Waals surface area contributed by atoms with Gasteiger partial charge in [-0.25, -0.2) is 4.39 Å². The Bertz CT molecular complexity index is 303. The Kier molecular flexibility index (Phi) is 4.20. The van der Waals surface area contributed by atoms with Crippen LogP contribution in [0, 0.1) is 5.82 Å². The summed E-state index contributed by atoms with van der Waals surface area (Å²) in [5.41, 5.74) is 0.820. The van der Waals surface area contributed by atoms with Gasteiger partial charge in [0.05, 0.1) is 9.50 Å². The Balaban J connectivity index is 3.11. The van der Waals surface area contributed by atoms with Gasteiger partial charge in [0.1, 0.15) is 5.82 Å². The van der Waals surface area contributed by atoms with Crippen molar-refractivity contribution in [2.75, 3.05) is 18.0 Å². The van der Waals surface area contributed by atoms with E-state index in [9.17, 15) is 4.39 Å². The quantitative estimate of drug-likeness (QED) is 0.754. The summed E-state index contributed by atoms with van der Waals surface area (Å²) >= 11 is 8.94. The number of anilines is 1. The number of hydrogen-bond donors (Lipinski definition) is 0. The van der Waals surface area contributed by atoms with Crippen molar-refractivity contribution in [3.63, 3.8) is 0 Å². The van der Waals surface area contributed by atoms with Gasteiger partial charge in [-0.05, 0) is 41.9 Å². The zero-order chi connectivity index (χ0) is 10.7. The molecule has 78 valence electrons. The molecule has 0 unspecified atom stereocenters. The molecule has 14 heavy (non-hydrogen) atoms. The second kappa shape index (κ2) is 4.99. The topological polar surface area (TPSA) is 3.24 Å². The summed E-state index contributed by atoms with van der Waals surface area (Å²) in [4.78, 5) is 2.04. The minimum absolute atomic E-state index is 0.320. The van der Waals surface area contributed by atoms with Crippen LogP contribution in [-0.2, 0) is 0 Å². The molecule has 1 rings (SSSR count). The van der Waals surface area contributed by atoms with E-state index >= 15 is 0 Å². The van der Waals surface area contributed by atoms with Crippen LogP contribution in [0.1, 0.15) is 13.8 Å². The van der Waals surface area contributed by atoms with Crippen LogP contribution in [0.3, 0.4) is 0 Å². The Morgan fingerprint density at radius 3 is 2.36 bits per heavy atom. The van der Waals surface area contributed by atoms with Gasteiger partial charge in [-0.1, -0.05) is 11.6 Å². The van der Waals surface area contributed by atoms with Gasteiger partial charge < -0.3 is 4.90 Å². The van der Waals surface area contributed by atoms with Crippen molar-refractivity contribution in [2.45, 2.75) is 13.8 Å². The van der Waals surface area contributed by atoms with Crippen LogP contribution >= 0.6 is 27.5 Å². The molecule has 0 spiro atoms. The highest BCUT2D eigenvalue weighted by Gasteiger charge is 2.09. The van der Waals surface area contributed by atoms with E-state index in [1.807, 2.05) is 18.7 Å². The summed E-state index contributed by atoms with van der Waals surface area (Å²) in [6.45, 7) is 5.73. The minimum Gasteiger partial charge on any atom is -0.372 e. The summed E-state index contributed by atoms with van der Waals surface area (Å²) in [5.74, 6) is -0.320. The van der Waals surface area contributed by atoms with E-state index in [1.165, 1.54) is 6.07 Å². The Morgan fingerprint density at radius 2 is 1.93 bits per heavy atom. The Morgan fingerprint density at radius 1 is 1.36 bits per heavy atom. The van der Waals surface area contributed by atoms with Crippen molar-refractivity contribution in [3.05, 3.63) is 27.4 Å². The van der Waals surface area contributed by atoms with Crippen molar-refractivity contribution in [3.8, 4) is 0 Å². The molecule has 1 nitrogen and oxygen atoms in total. The predicted octanol–water partition coefficient (Wildman–Crippen LogP) is 4.09. The minimum atomic E-state index is -0.320. The van der Waals surface area contributed by atoms with Crippen molar-refractivity contribution in [2.24, 2.45) is 0 Å². The predicted molar refractivity (Wildman–Crippen MR) is 62.7 cm³/mol. The summed E-state index contributed by atoms with van der Waals surface area (Å²) in [6, 6.07) is 3.25. The largest absolute Gasteiger partial charge is 0.372 e. The van der Waals surface area contributed by atoms with Gasteiger partial charge in [0.2, 0.25) is 0 Å². The molecule has 0 saturated carbocycles. The van der Waals surface area contributed by atoms with Crippen LogP contribution in [0.15, 0.2) is 16.6 Å². The summed E-state index contributed by atoms with van der Waals surface area (Å²) < 4.78 is 13.6. The van der Waals surface area contributed by atoms with E-state index in [-0.39, 0.29) is 5.82 Å². The molecule has 4 heteroatoms. The van der Waals surface area contributed by atoms with E-state index in [0.29, 0.717) is 9.50 Å². The zero-order valence-corrected chi connectivity index (χ0v) is 10.5. The molecule has 1 aromatic carbocycles. The lowest BCUT2D eigenvalue weighted by Crippen LogP contribution is -2.21. The van der Waals surface area contributed by atoms with Gasteiger partial charge in [0.15, 0.2) is 0 Å². The molecule has 0 aliphatic carbocycles.